The van der Waals surface area contributed by atoms with Crippen molar-refractivity contribution in [3.05, 3.63) is 63.6 Å². The van der Waals surface area contributed by atoms with Crippen LogP contribution >= 0.6 is 15.9 Å². The largest absolute Gasteiger partial charge is 0.416 e. The molecular weight excluding hydrogens is 357 g/mol. The van der Waals surface area contributed by atoms with Crippen LogP contribution in [0.1, 0.15) is 11.1 Å². The first-order valence-corrected chi connectivity index (χ1v) is 6.61. The summed E-state index contributed by atoms with van der Waals surface area (Å²) in [6.45, 7) is -0.160. The summed E-state index contributed by atoms with van der Waals surface area (Å²) in [7, 11) is 0. The van der Waals surface area contributed by atoms with Crippen molar-refractivity contribution in [1.29, 1.82) is 0 Å². The quantitative estimate of drug-likeness (QED) is 0.722. The Labute approximate surface area is 125 Å². The molecule has 0 unspecified atom stereocenters. The molecule has 0 spiro atoms. The second-order valence-electron chi connectivity index (χ2n) is 4.28. The lowest BCUT2D eigenvalue weighted by molar-refractivity contribution is -0.138. The van der Waals surface area contributed by atoms with Gasteiger partial charge in [-0.15, -0.1) is 0 Å². The van der Waals surface area contributed by atoms with Gasteiger partial charge in [-0.05, 0) is 51.8 Å². The Hall–Kier alpha value is -1.63. The highest BCUT2D eigenvalue weighted by Crippen LogP contribution is 2.33. The van der Waals surface area contributed by atoms with Gasteiger partial charge in [-0.25, -0.2) is 8.78 Å². The average molecular weight is 366 g/mol. The fourth-order valence-corrected chi connectivity index (χ4v) is 2.15. The van der Waals surface area contributed by atoms with E-state index in [1.807, 2.05) is 0 Å². The van der Waals surface area contributed by atoms with Crippen LogP contribution in [-0.4, -0.2) is 0 Å². The van der Waals surface area contributed by atoms with Gasteiger partial charge in [-0.1, -0.05) is 6.07 Å². The fraction of sp³-hybridized carbons (Fsp3) is 0.143. The van der Waals surface area contributed by atoms with Crippen molar-refractivity contribution in [3.63, 3.8) is 0 Å². The van der Waals surface area contributed by atoms with Crippen LogP contribution in [0, 0.1) is 11.6 Å². The molecule has 21 heavy (non-hydrogen) atoms. The van der Waals surface area contributed by atoms with Gasteiger partial charge in [0.05, 0.1) is 10.0 Å². The Balaban J connectivity index is 2.22. The molecule has 0 radical (unpaired) electrons. The van der Waals surface area contributed by atoms with Crippen molar-refractivity contribution in [2.24, 2.45) is 0 Å². The third-order valence-corrected chi connectivity index (χ3v) is 3.39. The van der Waals surface area contributed by atoms with Gasteiger partial charge >= 0.3 is 6.18 Å². The van der Waals surface area contributed by atoms with Crippen molar-refractivity contribution >= 4 is 21.6 Å². The van der Waals surface area contributed by atoms with E-state index in [1.54, 1.807) is 0 Å². The summed E-state index contributed by atoms with van der Waals surface area (Å²) in [6, 6.07) is 6.49. The number of alkyl halides is 3. The molecule has 1 N–H and O–H groups in total. The van der Waals surface area contributed by atoms with Crippen LogP contribution < -0.4 is 5.32 Å². The zero-order chi connectivity index (χ0) is 15.6. The molecule has 0 bridgehead atoms. The lowest BCUT2D eigenvalue weighted by Crippen LogP contribution is -2.12. The molecule has 1 nitrogen and oxygen atoms in total. The van der Waals surface area contributed by atoms with Crippen LogP contribution in [0.15, 0.2) is 40.9 Å². The monoisotopic (exact) mass is 365 g/mol. The third-order valence-electron chi connectivity index (χ3n) is 2.78. The summed E-state index contributed by atoms with van der Waals surface area (Å²) in [5, 5.41) is 2.74. The molecule has 2 rings (SSSR count). The van der Waals surface area contributed by atoms with Crippen molar-refractivity contribution in [2.45, 2.75) is 12.7 Å². The molecule has 0 saturated heterocycles. The molecule has 2 aromatic carbocycles. The molecule has 0 fully saturated rings. The zero-order valence-corrected chi connectivity index (χ0v) is 12.0. The Morgan fingerprint density at radius 1 is 1.00 bits per heavy atom. The number of halogens is 6. The molecule has 0 atom stereocenters. The highest BCUT2D eigenvalue weighted by atomic mass is 79.9. The van der Waals surface area contributed by atoms with Crippen LogP contribution in [0.2, 0.25) is 0 Å². The predicted molar refractivity (Wildman–Crippen MR) is 72.8 cm³/mol. The van der Waals surface area contributed by atoms with Crippen molar-refractivity contribution < 1.29 is 22.0 Å². The summed E-state index contributed by atoms with van der Waals surface area (Å²) in [4.78, 5) is 0. The van der Waals surface area contributed by atoms with Crippen LogP contribution in [0.4, 0.5) is 27.6 Å². The van der Waals surface area contributed by atoms with E-state index in [2.05, 4.69) is 21.2 Å². The van der Waals surface area contributed by atoms with E-state index in [9.17, 15) is 22.0 Å². The molecule has 0 aromatic heterocycles. The van der Waals surface area contributed by atoms with E-state index in [-0.39, 0.29) is 16.6 Å². The van der Waals surface area contributed by atoms with Gasteiger partial charge in [0, 0.05) is 12.2 Å². The molecule has 0 aliphatic heterocycles. The topological polar surface area (TPSA) is 12.0 Å². The van der Waals surface area contributed by atoms with Gasteiger partial charge < -0.3 is 5.32 Å². The van der Waals surface area contributed by atoms with Crippen molar-refractivity contribution in [2.75, 3.05) is 5.32 Å². The van der Waals surface area contributed by atoms with Gasteiger partial charge in [0.2, 0.25) is 0 Å². The molecule has 7 heteroatoms. The summed E-state index contributed by atoms with van der Waals surface area (Å²) in [5.41, 5.74) is -0.679. The number of hydrogen-bond donors (Lipinski definition) is 1. The number of anilines is 1. The summed E-state index contributed by atoms with van der Waals surface area (Å²) >= 11 is 2.98. The number of rotatable bonds is 3. The standard InChI is InChI=1S/C14H9BrF5N/c15-12-6-10(3-4-13(12)17)21-7-8-1-2-9(16)5-11(8)14(18,19)20/h1-6,21H,7H2. The molecule has 112 valence electrons. The maximum absolute atomic E-state index is 13.1. The molecular formula is C14H9BrF5N. The number of nitrogens with one attached hydrogen (secondary N) is 1. The van der Waals surface area contributed by atoms with Gasteiger partial charge in [0.15, 0.2) is 0 Å². The minimum absolute atomic E-state index is 0.0932. The van der Waals surface area contributed by atoms with E-state index in [0.717, 1.165) is 12.1 Å². The van der Waals surface area contributed by atoms with E-state index in [1.165, 1.54) is 18.2 Å². The normalized spacial score (nSPS) is 11.5. The molecule has 0 saturated carbocycles. The smallest absolute Gasteiger partial charge is 0.381 e. The highest BCUT2D eigenvalue weighted by molar-refractivity contribution is 9.10. The first-order chi connectivity index (χ1) is 9.77. The van der Waals surface area contributed by atoms with Gasteiger partial charge in [0.1, 0.15) is 11.6 Å². The minimum atomic E-state index is -4.64. The lowest BCUT2D eigenvalue weighted by Gasteiger charge is -2.14. The number of benzene rings is 2. The second-order valence-corrected chi connectivity index (χ2v) is 5.14. The Kier molecular flexibility index (Phi) is 4.51. The van der Waals surface area contributed by atoms with E-state index < -0.39 is 23.4 Å². The number of hydrogen-bond acceptors (Lipinski definition) is 1. The predicted octanol–water partition coefficient (Wildman–Crippen LogP) is 5.36. The third kappa shape index (κ3) is 3.93. The van der Waals surface area contributed by atoms with Crippen LogP contribution in [-0.2, 0) is 12.7 Å². The maximum Gasteiger partial charge on any atom is 0.416 e. The van der Waals surface area contributed by atoms with E-state index in [0.29, 0.717) is 11.8 Å². The van der Waals surface area contributed by atoms with Crippen LogP contribution in [0.5, 0.6) is 0 Å². The van der Waals surface area contributed by atoms with Crippen LogP contribution in [0.3, 0.4) is 0 Å². The Morgan fingerprint density at radius 2 is 1.71 bits per heavy atom. The molecule has 0 aliphatic rings. The summed E-state index contributed by atoms with van der Waals surface area (Å²) in [5.74, 6) is -1.42. The van der Waals surface area contributed by atoms with E-state index in [4.69, 9.17) is 0 Å². The van der Waals surface area contributed by atoms with Gasteiger partial charge in [0.25, 0.3) is 0 Å². The maximum atomic E-state index is 13.1. The molecule has 0 heterocycles. The highest BCUT2D eigenvalue weighted by Gasteiger charge is 2.33. The second kappa shape index (κ2) is 6.01. The van der Waals surface area contributed by atoms with Gasteiger partial charge in [-0.2, -0.15) is 13.2 Å². The van der Waals surface area contributed by atoms with Crippen molar-refractivity contribution in [1.82, 2.24) is 0 Å². The lowest BCUT2D eigenvalue weighted by atomic mass is 10.1. The SMILES string of the molecule is Fc1ccc(CNc2ccc(F)c(Br)c2)c(C(F)(F)F)c1. The zero-order valence-electron chi connectivity index (χ0n) is 10.4. The molecule has 2 aromatic rings. The summed E-state index contributed by atoms with van der Waals surface area (Å²) in [6.07, 6.45) is -4.64. The van der Waals surface area contributed by atoms with Crippen molar-refractivity contribution in [3.8, 4) is 0 Å². The first kappa shape index (κ1) is 15.8. The first-order valence-electron chi connectivity index (χ1n) is 5.82. The van der Waals surface area contributed by atoms with Crippen LogP contribution in [0.25, 0.3) is 0 Å². The van der Waals surface area contributed by atoms with E-state index >= 15 is 0 Å². The molecule has 0 aliphatic carbocycles. The van der Waals surface area contributed by atoms with Gasteiger partial charge in [-0.3, -0.25) is 0 Å². The molecule has 0 amide bonds. The Morgan fingerprint density at radius 3 is 2.33 bits per heavy atom. The fourth-order valence-electron chi connectivity index (χ4n) is 1.77. The summed E-state index contributed by atoms with van der Waals surface area (Å²) < 4.78 is 64.7. The minimum Gasteiger partial charge on any atom is -0.381 e. The Bertz CT molecular complexity index is 654. The average Bonchev–Trinajstić information content (AvgIpc) is 2.40.